The molecule has 31 heavy (non-hydrogen) atoms. The molecule has 1 aromatic heterocycles. The molecule has 0 aliphatic heterocycles. The van der Waals surface area contributed by atoms with Gasteiger partial charge in [0.1, 0.15) is 12.4 Å². The summed E-state index contributed by atoms with van der Waals surface area (Å²) < 4.78 is 7.28. The van der Waals surface area contributed by atoms with Crippen LogP contribution in [0.15, 0.2) is 48.5 Å². The average Bonchev–Trinajstić information content (AvgIpc) is 3.07. The standard InChI is InChI=1S/C25H31N3O3/c1-18(2)31-24(29)17-28-22-13-7-6-12-21(22)27-23(28)14-5-4-8-15-26-25(30)20-11-9-10-19(3)16-20/h6-7,9-13,16,18H,4-5,8,14-15,17H2,1-3H3,(H,26,30). The number of carbonyl (C=O) groups excluding carboxylic acids is 2. The Balaban J connectivity index is 1.51. The number of nitrogens with zero attached hydrogens (tertiary/aromatic N) is 2. The number of hydrogen-bond acceptors (Lipinski definition) is 4. The van der Waals surface area contributed by atoms with Gasteiger partial charge < -0.3 is 14.6 Å². The van der Waals surface area contributed by atoms with Gasteiger partial charge in [-0.3, -0.25) is 9.59 Å². The van der Waals surface area contributed by atoms with Crippen molar-refractivity contribution in [2.75, 3.05) is 6.54 Å². The van der Waals surface area contributed by atoms with Crippen LogP contribution in [0.25, 0.3) is 11.0 Å². The number of carbonyl (C=O) groups is 2. The lowest BCUT2D eigenvalue weighted by atomic mass is 10.1. The first-order valence-corrected chi connectivity index (χ1v) is 10.9. The molecule has 2 aromatic carbocycles. The first-order valence-electron chi connectivity index (χ1n) is 10.9. The second kappa shape index (κ2) is 10.8. The van der Waals surface area contributed by atoms with Crippen LogP contribution in [0.1, 0.15) is 54.9 Å². The lowest BCUT2D eigenvalue weighted by Crippen LogP contribution is -2.24. The van der Waals surface area contributed by atoms with Crippen LogP contribution in [0.4, 0.5) is 0 Å². The molecule has 0 atom stereocenters. The van der Waals surface area contributed by atoms with Crippen molar-refractivity contribution in [3.05, 3.63) is 65.5 Å². The lowest BCUT2D eigenvalue weighted by Gasteiger charge is -2.11. The van der Waals surface area contributed by atoms with E-state index in [-0.39, 0.29) is 24.5 Å². The van der Waals surface area contributed by atoms with Crippen LogP contribution in [0, 0.1) is 6.92 Å². The van der Waals surface area contributed by atoms with Crippen molar-refractivity contribution in [1.29, 1.82) is 0 Å². The van der Waals surface area contributed by atoms with Crippen LogP contribution >= 0.6 is 0 Å². The van der Waals surface area contributed by atoms with Crippen molar-refractivity contribution >= 4 is 22.9 Å². The first kappa shape index (κ1) is 22.5. The number of esters is 1. The summed E-state index contributed by atoms with van der Waals surface area (Å²) in [5.41, 5.74) is 3.61. The quantitative estimate of drug-likeness (QED) is 0.388. The number of nitrogens with one attached hydrogen (secondary N) is 1. The van der Waals surface area contributed by atoms with Gasteiger partial charge in [0.25, 0.3) is 5.91 Å². The number of benzene rings is 2. The predicted molar refractivity (Wildman–Crippen MR) is 122 cm³/mol. The van der Waals surface area contributed by atoms with Gasteiger partial charge in [-0.15, -0.1) is 0 Å². The van der Waals surface area contributed by atoms with Gasteiger partial charge in [-0.05, 0) is 57.9 Å². The van der Waals surface area contributed by atoms with Crippen molar-refractivity contribution in [2.45, 2.75) is 59.1 Å². The minimum absolute atomic E-state index is 0.0332. The Morgan fingerprint density at radius 2 is 1.87 bits per heavy atom. The molecule has 0 saturated heterocycles. The van der Waals surface area contributed by atoms with Crippen LogP contribution in [-0.2, 0) is 22.5 Å². The molecule has 1 amide bonds. The third-order valence-electron chi connectivity index (χ3n) is 5.03. The van der Waals surface area contributed by atoms with Gasteiger partial charge in [0.2, 0.25) is 0 Å². The molecule has 3 rings (SSSR count). The predicted octanol–water partition coefficient (Wildman–Crippen LogP) is 4.44. The summed E-state index contributed by atoms with van der Waals surface area (Å²) >= 11 is 0. The van der Waals surface area contributed by atoms with Crippen molar-refractivity contribution in [3.63, 3.8) is 0 Å². The summed E-state index contributed by atoms with van der Waals surface area (Å²) in [6.07, 6.45) is 3.43. The van der Waals surface area contributed by atoms with Crippen molar-refractivity contribution in [1.82, 2.24) is 14.9 Å². The highest BCUT2D eigenvalue weighted by atomic mass is 16.5. The fourth-order valence-corrected chi connectivity index (χ4v) is 3.60. The summed E-state index contributed by atoms with van der Waals surface area (Å²) in [7, 11) is 0. The van der Waals surface area contributed by atoms with Crippen LogP contribution in [0.5, 0.6) is 0 Å². The van der Waals surface area contributed by atoms with E-state index in [1.807, 2.05) is 73.9 Å². The van der Waals surface area contributed by atoms with E-state index in [0.29, 0.717) is 12.1 Å². The Bertz CT molecular complexity index is 1040. The lowest BCUT2D eigenvalue weighted by molar-refractivity contribution is -0.148. The Kier molecular flexibility index (Phi) is 7.82. The maximum Gasteiger partial charge on any atom is 0.326 e. The molecule has 0 unspecified atom stereocenters. The zero-order chi connectivity index (χ0) is 22.2. The van der Waals surface area contributed by atoms with E-state index >= 15 is 0 Å². The maximum absolute atomic E-state index is 12.2. The Morgan fingerprint density at radius 1 is 1.06 bits per heavy atom. The number of aromatic nitrogens is 2. The summed E-state index contributed by atoms with van der Waals surface area (Å²) in [4.78, 5) is 29.2. The van der Waals surface area contributed by atoms with E-state index in [1.54, 1.807) is 0 Å². The van der Waals surface area contributed by atoms with Crippen molar-refractivity contribution in [2.24, 2.45) is 0 Å². The van der Waals surface area contributed by atoms with Crippen LogP contribution in [-0.4, -0.2) is 34.1 Å². The van der Waals surface area contributed by atoms with E-state index in [4.69, 9.17) is 9.72 Å². The Hall–Kier alpha value is -3.15. The van der Waals surface area contributed by atoms with Crippen molar-refractivity contribution in [3.8, 4) is 0 Å². The van der Waals surface area contributed by atoms with Crippen LogP contribution in [0.2, 0.25) is 0 Å². The van der Waals surface area contributed by atoms with Crippen molar-refractivity contribution < 1.29 is 14.3 Å². The molecule has 0 fully saturated rings. The third kappa shape index (κ3) is 6.41. The van der Waals surface area contributed by atoms with Gasteiger partial charge in [-0.1, -0.05) is 36.2 Å². The van der Waals surface area contributed by atoms with Gasteiger partial charge in [-0.2, -0.15) is 0 Å². The highest BCUT2D eigenvalue weighted by Crippen LogP contribution is 2.18. The summed E-state index contributed by atoms with van der Waals surface area (Å²) in [6.45, 7) is 6.49. The molecular weight excluding hydrogens is 390 g/mol. The number of para-hydroxylation sites is 2. The van der Waals surface area contributed by atoms with E-state index in [9.17, 15) is 9.59 Å². The SMILES string of the molecule is Cc1cccc(C(=O)NCCCCCc2nc3ccccc3n2CC(=O)OC(C)C)c1. The topological polar surface area (TPSA) is 73.2 Å². The number of fused-ring (bicyclic) bond motifs is 1. The molecule has 1 heterocycles. The van der Waals surface area contributed by atoms with E-state index < -0.39 is 0 Å². The van der Waals surface area contributed by atoms with E-state index in [1.165, 1.54) is 0 Å². The third-order valence-corrected chi connectivity index (χ3v) is 5.03. The second-order valence-corrected chi connectivity index (χ2v) is 8.08. The van der Waals surface area contributed by atoms with E-state index in [0.717, 1.165) is 48.1 Å². The molecule has 6 heteroatoms. The molecule has 164 valence electrons. The number of unbranched alkanes of at least 4 members (excludes halogenated alkanes) is 2. The normalized spacial score (nSPS) is 11.1. The number of ether oxygens (including phenoxy) is 1. The highest BCUT2D eigenvalue weighted by Gasteiger charge is 2.15. The van der Waals surface area contributed by atoms with Gasteiger partial charge in [0, 0.05) is 18.5 Å². The fraction of sp³-hybridized carbons (Fsp3) is 0.400. The molecule has 0 saturated carbocycles. The maximum atomic E-state index is 12.2. The molecule has 0 bridgehead atoms. The van der Waals surface area contributed by atoms with Crippen LogP contribution in [0.3, 0.4) is 0 Å². The monoisotopic (exact) mass is 421 g/mol. The largest absolute Gasteiger partial charge is 0.462 e. The van der Waals surface area contributed by atoms with Crippen LogP contribution < -0.4 is 5.32 Å². The molecule has 0 aliphatic carbocycles. The molecular formula is C25H31N3O3. The summed E-state index contributed by atoms with van der Waals surface area (Å²) in [5, 5.41) is 2.98. The number of aryl methyl sites for hydroxylation is 2. The summed E-state index contributed by atoms with van der Waals surface area (Å²) in [6, 6.07) is 15.4. The average molecular weight is 422 g/mol. The molecule has 6 nitrogen and oxygen atoms in total. The molecule has 3 aromatic rings. The number of amides is 1. The smallest absolute Gasteiger partial charge is 0.326 e. The van der Waals surface area contributed by atoms with Gasteiger partial charge >= 0.3 is 5.97 Å². The van der Waals surface area contributed by atoms with Gasteiger partial charge in [0.15, 0.2) is 0 Å². The van der Waals surface area contributed by atoms with Gasteiger partial charge in [0.05, 0.1) is 17.1 Å². The summed E-state index contributed by atoms with van der Waals surface area (Å²) in [5.74, 6) is 0.609. The zero-order valence-electron chi connectivity index (χ0n) is 18.6. The number of rotatable bonds is 10. The molecule has 1 N–H and O–H groups in total. The molecule has 0 radical (unpaired) electrons. The minimum Gasteiger partial charge on any atom is -0.462 e. The van der Waals surface area contributed by atoms with Gasteiger partial charge in [-0.25, -0.2) is 4.98 Å². The Labute approximate surface area is 183 Å². The minimum atomic E-state index is -0.252. The molecule has 0 aliphatic rings. The second-order valence-electron chi connectivity index (χ2n) is 8.08. The molecule has 0 spiro atoms. The highest BCUT2D eigenvalue weighted by molar-refractivity contribution is 5.94. The number of hydrogen-bond donors (Lipinski definition) is 1. The Morgan fingerprint density at radius 3 is 2.65 bits per heavy atom. The zero-order valence-corrected chi connectivity index (χ0v) is 18.6. The number of imidazole rings is 1. The van der Waals surface area contributed by atoms with E-state index in [2.05, 4.69) is 5.32 Å². The fourth-order valence-electron chi connectivity index (χ4n) is 3.60. The first-order chi connectivity index (χ1) is 14.9.